The number of carbonyl (C=O) groups excluding carboxylic acids is 3. The molecule has 0 aliphatic carbocycles. The summed E-state index contributed by atoms with van der Waals surface area (Å²) in [5, 5.41) is 6.45. The molecule has 0 saturated heterocycles. The van der Waals surface area contributed by atoms with Gasteiger partial charge in [-0.25, -0.2) is 8.42 Å². The van der Waals surface area contributed by atoms with Crippen molar-refractivity contribution in [3.63, 3.8) is 0 Å². The van der Waals surface area contributed by atoms with Crippen molar-refractivity contribution in [1.82, 2.24) is 20.1 Å². The Kier molecular flexibility index (Phi) is 11.0. The molecule has 0 aliphatic heterocycles. The van der Waals surface area contributed by atoms with Crippen molar-refractivity contribution in [3.8, 4) is 11.3 Å². The highest BCUT2D eigenvalue weighted by atomic mass is 32.2. The van der Waals surface area contributed by atoms with Gasteiger partial charge in [-0.15, -0.1) is 0 Å². The minimum atomic E-state index is -3.85. The maximum atomic E-state index is 13.8. The van der Waals surface area contributed by atoms with E-state index in [2.05, 4.69) is 15.2 Å². The summed E-state index contributed by atoms with van der Waals surface area (Å²) in [4.78, 5) is 41.8. The summed E-state index contributed by atoms with van der Waals surface area (Å²) in [7, 11) is -2.30. The summed E-state index contributed by atoms with van der Waals surface area (Å²) in [5.74, 6) is -1.75. The average molecular weight is 597 g/mol. The van der Waals surface area contributed by atoms with Gasteiger partial charge in [-0.2, -0.15) is 0 Å². The summed E-state index contributed by atoms with van der Waals surface area (Å²) in [6, 6.07) is 12.4. The highest BCUT2D eigenvalue weighted by Crippen LogP contribution is 2.21. The molecule has 1 aromatic heterocycles. The molecule has 11 heteroatoms. The molecule has 0 unspecified atom stereocenters. The number of hydrogen-bond acceptors (Lipinski definition) is 7. The summed E-state index contributed by atoms with van der Waals surface area (Å²) in [6.45, 7) is 9.07. The molecule has 10 nitrogen and oxygen atoms in total. The molecule has 2 N–H and O–H groups in total. The van der Waals surface area contributed by atoms with Crippen LogP contribution in [0.3, 0.4) is 0 Å². The van der Waals surface area contributed by atoms with Crippen molar-refractivity contribution >= 4 is 27.7 Å². The first-order valence-corrected chi connectivity index (χ1v) is 15.7. The predicted molar refractivity (Wildman–Crippen MR) is 161 cm³/mol. The molecule has 226 valence electrons. The number of rotatable bonds is 13. The van der Waals surface area contributed by atoms with Crippen LogP contribution in [0.25, 0.3) is 11.3 Å². The Hall–Kier alpha value is -3.99. The van der Waals surface area contributed by atoms with Gasteiger partial charge in [-0.1, -0.05) is 73.8 Å². The summed E-state index contributed by atoms with van der Waals surface area (Å²) < 4.78 is 32.1. The zero-order valence-electron chi connectivity index (χ0n) is 25.0. The lowest BCUT2D eigenvalue weighted by Gasteiger charge is -2.30. The number of likely N-dealkylation sites (N-methyl/N-ethyl adjacent to an activating group) is 1. The summed E-state index contributed by atoms with van der Waals surface area (Å²) in [6.07, 6.45) is 2.76. The number of aromatic nitrogens is 1. The van der Waals surface area contributed by atoms with E-state index in [9.17, 15) is 22.8 Å². The second-order valence-electron chi connectivity index (χ2n) is 11.0. The maximum absolute atomic E-state index is 13.8. The van der Waals surface area contributed by atoms with Gasteiger partial charge in [0.25, 0.3) is 11.8 Å². The van der Waals surface area contributed by atoms with E-state index in [1.807, 2.05) is 51.1 Å². The van der Waals surface area contributed by atoms with Crippen molar-refractivity contribution in [2.24, 2.45) is 5.92 Å². The summed E-state index contributed by atoms with van der Waals surface area (Å²) in [5.41, 5.74) is 3.84. The van der Waals surface area contributed by atoms with Crippen LogP contribution in [0.15, 0.2) is 59.3 Å². The van der Waals surface area contributed by atoms with E-state index in [4.69, 9.17) is 4.52 Å². The lowest BCUT2D eigenvalue weighted by Crippen LogP contribution is -2.57. The van der Waals surface area contributed by atoms with Crippen molar-refractivity contribution in [2.75, 3.05) is 12.8 Å². The van der Waals surface area contributed by atoms with E-state index in [1.54, 1.807) is 45.3 Å². The molecule has 3 aromatic rings. The quantitative estimate of drug-likeness (QED) is 0.304. The largest absolute Gasteiger partial charge is 0.356 e. The van der Waals surface area contributed by atoms with E-state index in [0.717, 1.165) is 22.3 Å². The average Bonchev–Trinajstić information content (AvgIpc) is 3.47. The molecule has 0 radical (unpaired) electrons. The predicted octanol–water partition coefficient (Wildman–Crippen LogP) is 4.03. The number of nitrogens with zero attached hydrogens (tertiary/aromatic N) is 2. The minimum Gasteiger partial charge on any atom is -0.356 e. The third-order valence-electron chi connectivity index (χ3n) is 6.93. The Balaban J connectivity index is 1.90. The number of aryl methyl sites for hydroxylation is 2. The third-order valence-corrected chi connectivity index (χ3v) is 8.27. The van der Waals surface area contributed by atoms with Gasteiger partial charge in [0.1, 0.15) is 12.1 Å². The van der Waals surface area contributed by atoms with Crippen molar-refractivity contribution in [1.29, 1.82) is 0 Å². The van der Waals surface area contributed by atoms with Crippen molar-refractivity contribution in [2.45, 2.75) is 66.0 Å². The molecule has 2 aromatic carbocycles. The van der Waals surface area contributed by atoms with E-state index >= 15 is 0 Å². The van der Waals surface area contributed by atoms with Crippen LogP contribution in [0.5, 0.6) is 0 Å². The number of unbranched alkanes of at least 4 members (excludes halogenated alkanes) is 1. The first kappa shape index (κ1) is 32.5. The highest BCUT2D eigenvalue weighted by molar-refractivity contribution is 7.90. The molecular weight excluding hydrogens is 556 g/mol. The first-order valence-electron chi connectivity index (χ1n) is 14.0. The number of nitrogens with one attached hydrogen (secondary N) is 2. The number of sulfonamides is 1. The standard InChI is InChI=1S/C31H40N4O6S/c1-7-8-15-42(39,40)34-30(37)28(20(2)3)33-29(36)26(35(6)31(38)25-17-21(4)16-22(5)18-25)19-23-9-11-24(12-10-23)27-13-14-32-41-27/h9-14,16-18,20,26,28H,7-8,15,19H2,1-6H3,(H,33,36)(H,34,37)/t26-,28-/m0/s1. The molecular formula is C31H40N4O6S. The second kappa shape index (κ2) is 14.3. The molecule has 3 amide bonds. The maximum Gasteiger partial charge on any atom is 0.256 e. The van der Waals surface area contributed by atoms with Gasteiger partial charge in [0.15, 0.2) is 5.76 Å². The Labute approximate surface area is 247 Å². The molecule has 3 rings (SSSR count). The lowest BCUT2D eigenvalue weighted by molar-refractivity contribution is -0.131. The Bertz CT molecular complexity index is 1460. The van der Waals surface area contributed by atoms with Crippen LogP contribution < -0.4 is 10.0 Å². The van der Waals surface area contributed by atoms with Crippen LogP contribution in [0.4, 0.5) is 0 Å². The molecule has 0 fully saturated rings. The van der Waals surface area contributed by atoms with Crippen LogP contribution in [0.2, 0.25) is 0 Å². The van der Waals surface area contributed by atoms with Crippen LogP contribution in [0.1, 0.15) is 60.7 Å². The van der Waals surface area contributed by atoms with Crippen molar-refractivity contribution in [3.05, 3.63) is 77.0 Å². The Morgan fingerprint density at radius 3 is 2.17 bits per heavy atom. The van der Waals surface area contributed by atoms with Gasteiger partial charge >= 0.3 is 0 Å². The van der Waals surface area contributed by atoms with Crippen LogP contribution in [0, 0.1) is 19.8 Å². The first-order chi connectivity index (χ1) is 19.8. The minimum absolute atomic E-state index is 0.150. The van der Waals surface area contributed by atoms with Crippen LogP contribution in [-0.2, 0) is 26.0 Å². The van der Waals surface area contributed by atoms with Gasteiger partial charge in [0.2, 0.25) is 15.9 Å². The zero-order chi connectivity index (χ0) is 31.0. The number of benzene rings is 2. The van der Waals surface area contributed by atoms with Gasteiger partial charge < -0.3 is 14.7 Å². The smallest absolute Gasteiger partial charge is 0.256 e. The molecule has 1 heterocycles. The summed E-state index contributed by atoms with van der Waals surface area (Å²) >= 11 is 0. The number of amides is 3. The lowest BCUT2D eigenvalue weighted by atomic mass is 9.99. The molecule has 0 aliphatic rings. The molecule has 42 heavy (non-hydrogen) atoms. The van der Waals surface area contributed by atoms with Gasteiger partial charge in [-0.3, -0.25) is 19.1 Å². The second-order valence-corrected chi connectivity index (χ2v) is 12.8. The zero-order valence-corrected chi connectivity index (χ0v) is 25.8. The monoisotopic (exact) mass is 596 g/mol. The van der Waals surface area contributed by atoms with Gasteiger partial charge in [-0.05, 0) is 43.9 Å². The SMILES string of the molecule is CCCCS(=O)(=O)NC(=O)[C@@H](NC(=O)[C@H](Cc1ccc(-c2ccno2)cc1)N(C)C(=O)c1cc(C)cc(C)c1)C(C)C. The van der Waals surface area contributed by atoms with Crippen LogP contribution in [-0.4, -0.2) is 61.1 Å². The molecule has 0 spiro atoms. The van der Waals surface area contributed by atoms with Gasteiger partial charge in [0, 0.05) is 30.7 Å². The van der Waals surface area contributed by atoms with Crippen molar-refractivity contribution < 1.29 is 27.3 Å². The van der Waals surface area contributed by atoms with E-state index < -0.39 is 39.8 Å². The highest BCUT2D eigenvalue weighted by Gasteiger charge is 2.33. The van der Waals surface area contributed by atoms with Crippen LogP contribution >= 0.6 is 0 Å². The number of hydrogen-bond donors (Lipinski definition) is 2. The van der Waals surface area contributed by atoms with E-state index in [-0.39, 0.29) is 18.1 Å². The Morgan fingerprint density at radius 2 is 1.62 bits per heavy atom. The van der Waals surface area contributed by atoms with Gasteiger partial charge in [0.05, 0.1) is 11.9 Å². The fourth-order valence-corrected chi connectivity index (χ4v) is 5.83. The normalized spacial score (nSPS) is 12.9. The van der Waals surface area contributed by atoms with E-state index in [0.29, 0.717) is 24.2 Å². The molecule has 0 bridgehead atoms. The number of carbonyl (C=O) groups is 3. The fraction of sp³-hybridized carbons (Fsp3) is 0.419. The topological polar surface area (TPSA) is 139 Å². The Morgan fingerprint density at radius 1 is 0.976 bits per heavy atom. The fourth-order valence-electron chi connectivity index (χ4n) is 4.63. The molecule has 2 atom stereocenters. The van der Waals surface area contributed by atoms with E-state index in [1.165, 1.54) is 4.90 Å². The third kappa shape index (κ3) is 8.75. The molecule has 0 saturated carbocycles.